The third-order valence-electron chi connectivity index (χ3n) is 3.55. The van der Waals surface area contributed by atoms with Gasteiger partial charge in [-0.15, -0.1) is 0 Å². The minimum absolute atomic E-state index is 0.198. The summed E-state index contributed by atoms with van der Waals surface area (Å²) in [6.45, 7) is 1.74. The Morgan fingerprint density at radius 2 is 2.17 bits per heavy atom. The summed E-state index contributed by atoms with van der Waals surface area (Å²) in [6.07, 6.45) is 1.92. The number of nitrogens with zero attached hydrogens (tertiary/aromatic N) is 2. The highest BCUT2D eigenvalue weighted by molar-refractivity contribution is 9.10. The van der Waals surface area contributed by atoms with Crippen molar-refractivity contribution < 1.29 is 18.4 Å². The number of nitrogens with one attached hydrogen (secondary N) is 1. The third-order valence-corrected chi connectivity index (χ3v) is 4.54. The van der Waals surface area contributed by atoms with Crippen molar-refractivity contribution in [2.45, 2.75) is 19.8 Å². The Morgan fingerprint density at radius 1 is 1.48 bits per heavy atom. The van der Waals surface area contributed by atoms with Gasteiger partial charge in [0.2, 0.25) is 0 Å². The first-order valence-electron chi connectivity index (χ1n) is 6.90. The number of carbonyl (C=O) groups excluding carboxylic acids is 1. The van der Waals surface area contributed by atoms with Crippen LogP contribution in [0.15, 0.2) is 16.7 Å². The number of aromatic amines is 1. The highest BCUT2D eigenvalue weighted by atomic mass is 79.9. The Morgan fingerprint density at radius 3 is 2.78 bits per heavy atom. The molecule has 1 aromatic heterocycles. The van der Waals surface area contributed by atoms with Crippen molar-refractivity contribution in [2.75, 3.05) is 14.2 Å². The quantitative estimate of drug-likeness (QED) is 0.632. The van der Waals surface area contributed by atoms with Gasteiger partial charge in [0.1, 0.15) is 0 Å². The number of hydrogen-bond acceptors (Lipinski definition) is 3. The molecule has 0 bridgehead atoms. The summed E-state index contributed by atoms with van der Waals surface area (Å²) in [7, 11) is 2.85. The molecule has 1 N–H and O–H groups in total. The van der Waals surface area contributed by atoms with E-state index in [0.29, 0.717) is 27.7 Å². The molecule has 0 unspecified atom stereocenters. The van der Waals surface area contributed by atoms with Crippen LogP contribution in [-0.4, -0.2) is 35.3 Å². The van der Waals surface area contributed by atoms with Crippen molar-refractivity contribution >= 4 is 21.8 Å². The number of hydroxylamine groups is 2. The van der Waals surface area contributed by atoms with Gasteiger partial charge in [0.05, 0.1) is 24.6 Å². The van der Waals surface area contributed by atoms with Crippen molar-refractivity contribution in [2.24, 2.45) is 0 Å². The lowest BCUT2D eigenvalue weighted by atomic mass is 10.0. The zero-order chi connectivity index (χ0) is 17.1. The summed E-state index contributed by atoms with van der Waals surface area (Å²) >= 11 is 3.32. The second-order valence-electron chi connectivity index (χ2n) is 4.90. The number of hydrogen-bond donors (Lipinski definition) is 1. The van der Waals surface area contributed by atoms with Crippen LogP contribution in [0.3, 0.4) is 0 Å². The molecule has 0 fully saturated rings. The maximum atomic E-state index is 13.8. The van der Waals surface area contributed by atoms with E-state index in [4.69, 9.17) is 4.84 Å². The molecule has 0 aliphatic carbocycles. The predicted molar refractivity (Wildman–Crippen MR) is 83.9 cm³/mol. The second kappa shape index (κ2) is 7.18. The van der Waals surface area contributed by atoms with Gasteiger partial charge in [-0.05, 0) is 18.1 Å². The number of rotatable bonds is 5. The van der Waals surface area contributed by atoms with Gasteiger partial charge in [0, 0.05) is 23.5 Å². The fraction of sp³-hybridized carbons (Fsp3) is 0.333. The number of amides is 1. The van der Waals surface area contributed by atoms with E-state index in [0.717, 1.165) is 11.1 Å². The average Bonchev–Trinajstić information content (AvgIpc) is 2.99. The van der Waals surface area contributed by atoms with Crippen LogP contribution in [0.1, 0.15) is 34.1 Å². The molecule has 0 spiro atoms. The summed E-state index contributed by atoms with van der Waals surface area (Å²) in [5.41, 5.74) is 1.59. The van der Waals surface area contributed by atoms with Crippen LogP contribution < -0.4 is 0 Å². The lowest BCUT2D eigenvalue weighted by Crippen LogP contribution is -2.26. The third kappa shape index (κ3) is 3.42. The average molecular weight is 388 g/mol. The van der Waals surface area contributed by atoms with E-state index in [-0.39, 0.29) is 17.9 Å². The molecule has 0 atom stereocenters. The first-order chi connectivity index (χ1) is 10.9. The summed E-state index contributed by atoms with van der Waals surface area (Å²) in [6, 6.07) is 1.12. The fourth-order valence-electron chi connectivity index (χ4n) is 2.23. The number of benzene rings is 1. The van der Waals surface area contributed by atoms with Crippen LogP contribution in [0.25, 0.3) is 0 Å². The van der Waals surface area contributed by atoms with E-state index in [1.807, 2.05) is 0 Å². The van der Waals surface area contributed by atoms with E-state index < -0.39 is 11.6 Å². The molecule has 0 saturated carbocycles. The van der Waals surface area contributed by atoms with Crippen LogP contribution in [0.4, 0.5) is 8.78 Å². The van der Waals surface area contributed by atoms with Gasteiger partial charge in [-0.1, -0.05) is 22.9 Å². The van der Waals surface area contributed by atoms with Crippen LogP contribution in [-0.2, 0) is 17.7 Å². The molecule has 23 heavy (non-hydrogen) atoms. The van der Waals surface area contributed by atoms with E-state index in [9.17, 15) is 13.6 Å². The topological polar surface area (TPSA) is 58.2 Å². The van der Waals surface area contributed by atoms with Crippen molar-refractivity contribution in [3.63, 3.8) is 0 Å². The number of aromatic nitrogens is 2. The van der Waals surface area contributed by atoms with E-state index in [1.165, 1.54) is 20.4 Å². The van der Waals surface area contributed by atoms with Crippen molar-refractivity contribution in [3.8, 4) is 0 Å². The van der Waals surface area contributed by atoms with Gasteiger partial charge in [0.15, 0.2) is 11.6 Å². The van der Waals surface area contributed by atoms with Crippen LogP contribution in [0.5, 0.6) is 0 Å². The zero-order valence-corrected chi connectivity index (χ0v) is 14.5. The Kier molecular flexibility index (Phi) is 5.48. The lowest BCUT2D eigenvalue weighted by molar-refractivity contribution is -0.0757. The minimum Gasteiger partial charge on any atom is -0.281 e. The molecule has 8 heteroatoms. The smallest absolute Gasteiger partial charge is 0.280 e. The normalized spacial score (nSPS) is 10.9. The van der Waals surface area contributed by atoms with Crippen LogP contribution in [0.2, 0.25) is 0 Å². The monoisotopic (exact) mass is 387 g/mol. The van der Waals surface area contributed by atoms with Crippen LogP contribution >= 0.6 is 15.9 Å². The summed E-state index contributed by atoms with van der Waals surface area (Å²) < 4.78 is 28.0. The molecule has 1 heterocycles. The number of carbonyl (C=O) groups is 1. The molecule has 0 saturated heterocycles. The molecule has 0 aliphatic heterocycles. The Balaban J connectivity index is 2.40. The van der Waals surface area contributed by atoms with Crippen LogP contribution in [0, 0.1) is 11.6 Å². The molecular formula is C15H16BrF2N3O2. The van der Waals surface area contributed by atoms with E-state index in [2.05, 4.69) is 26.1 Å². The Hall–Kier alpha value is -1.80. The molecule has 2 aromatic rings. The van der Waals surface area contributed by atoms with Gasteiger partial charge in [-0.25, -0.2) is 13.8 Å². The van der Waals surface area contributed by atoms with Crippen molar-refractivity contribution in [3.05, 3.63) is 50.8 Å². The van der Waals surface area contributed by atoms with Gasteiger partial charge in [-0.2, -0.15) is 5.10 Å². The summed E-state index contributed by atoms with van der Waals surface area (Å²) in [5.74, 6) is -2.16. The molecule has 0 radical (unpaired) electrons. The molecular weight excluding hydrogens is 372 g/mol. The Labute approximate surface area is 140 Å². The second-order valence-corrected chi connectivity index (χ2v) is 5.69. The van der Waals surface area contributed by atoms with Gasteiger partial charge < -0.3 is 0 Å². The summed E-state index contributed by atoms with van der Waals surface area (Å²) in [4.78, 5) is 17.0. The van der Waals surface area contributed by atoms with Crippen molar-refractivity contribution in [1.82, 2.24) is 15.3 Å². The maximum Gasteiger partial charge on any atom is 0.280 e. The molecule has 5 nitrogen and oxygen atoms in total. The van der Waals surface area contributed by atoms with Gasteiger partial charge in [-0.3, -0.25) is 14.7 Å². The molecule has 2 rings (SSSR count). The number of halogens is 3. The fourth-order valence-corrected chi connectivity index (χ4v) is 2.94. The SMILES string of the molecule is CCc1c(F)c(F)cc(Cc2[nH]ncc2C(=O)N(C)OC)c1Br. The van der Waals surface area contributed by atoms with E-state index >= 15 is 0 Å². The summed E-state index contributed by atoms with van der Waals surface area (Å²) in [5, 5.41) is 7.64. The maximum absolute atomic E-state index is 13.8. The van der Waals surface area contributed by atoms with Gasteiger partial charge >= 0.3 is 0 Å². The zero-order valence-electron chi connectivity index (χ0n) is 12.9. The first kappa shape index (κ1) is 17.6. The lowest BCUT2D eigenvalue weighted by Gasteiger charge is -2.14. The Bertz CT molecular complexity index is 734. The van der Waals surface area contributed by atoms with Crippen molar-refractivity contribution in [1.29, 1.82) is 0 Å². The minimum atomic E-state index is -0.915. The molecule has 1 aromatic carbocycles. The highest BCUT2D eigenvalue weighted by Crippen LogP contribution is 2.29. The highest BCUT2D eigenvalue weighted by Gasteiger charge is 2.21. The molecule has 1 amide bonds. The van der Waals surface area contributed by atoms with E-state index in [1.54, 1.807) is 6.92 Å². The predicted octanol–water partition coefficient (Wildman–Crippen LogP) is 3.24. The molecule has 124 valence electrons. The van der Waals surface area contributed by atoms with Gasteiger partial charge in [0.25, 0.3) is 5.91 Å². The largest absolute Gasteiger partial charge is 0.281 e. The standard InChI is InChI=1S/C15H16BrF2N3O2/c1-4-9-13(16)8(5-11(17)14(9)18)6-12-10(7-19-20-12)15(22)21(2)23-3/h5,7H,4,6H2,1-3H3,(H,19,20). The molecule has 0 aliphatic rings. The number of H-pyrrole nitrogens is 1. The first-order valence-corrected chi connectivity index (χ1v) is 7.69.